The average Bonchev–Trinajstić information content (AvgIpc) is 2.65. The summed E-state index contributed by atoms with van der Waals surface area (Å²) in [7, 11) is 6.75. The molecule has 0 saturated carbocycles. The second-order valence-electron chi connectivity index (χ2n) is 3.84. The first-order valence-corrected chi connectivity index (χ1v) is 14.7. The van der Waals surface area contributed by atoms with E-state index in [0.717, 1.165) is 22.8 Å². The molecule has 0 radical (unpaired) electrons. The molecule has 1 amide bonds. The molecule has 1 atom stereocenters. The van der Waals surface area contributed by atoms with Crippen LogP contribution in [0.3, 0.4) is 0 Å². The minimum Gasteiger partial charge on any atom is -0.616 e. The van der Waals surface area contributed by atoms with E-state index in [1.807, 2.05) is 6.92 Å². The number of nitrogens with one attached hydrogen (secondary N) is 1. The van der Waals surface area contributed by atoms with Crippen molar-refractivity contribution in [2.45, 2.75) is 6.92 Å². The third kappa shape index (κ3) is 14.5. The zero-order chi connectivity index (χ0) is 19.9. The maximum Gasteiger partial charge on any atom is 0.389 e. The van der Waals surface area contributed by atoms with Crippen LogP contribution in [0.15, 0.2) is 0 Å². The fraction of sp³-hybridized carbons (Fsp3) is 0.909. The Kier molecular flexibility index (Phi) is 17.7. The number of carbonyl (C=O) groups is 1. The summed E-state index contributed by atoms with van der Waals surface area (Å²) in [5.41, 5.74) is 0. The predicted octanol–water partition coefficient (Wildman–Crippen LogP) is 2.76. The summed E-state index contributed by atoms with van der Waals surface area (Å²) >= 11 is 1.12. The smallest absolute Gasteiger partial charge is 0.389 e. The minimum atomic E-state index is -3.09. The van der Waals surface area contributed by atoms with E-state index in [0.29, 0.717) is 17.3 Å². The van der Waals surface area contributed by atoms with Crippen LogP contribution in [0.25, 0.3) is 0 Å². The van der Waals surface area contributed by atoms with Crippen molar-refractivity contribution in [3.63, 3.8) is 0 Å². The first-order chi connectivity index (χ1) is 11.7. The highest BCUT2D eigenvalue weighted by molar-refractivity contribution is 8.55. The predicted molar refractivity (Wildman–Crippen MR) is 106 cm³/mol. The van der Waals surface area contributed by atoms with E-state index in [1.165, 1.54) is 35.5 Å². The second-order valence-corrected chi connectivity index (χ2v) is 14.4. The second kappa shape index (κ2) is 15.8. The lowest BCUT2D eigenvalue weighted by atomic mass is 10.7. The quantitative estimate of drug-likeness (QED) is 0.344. The van der Waals surface area contributed by atoms with Crippen molar-refractivity contribution >= 4 is 53.4 Å². The molecule has 0 aliphatic carbocycles. The Hall–Kier alpha value is 0.780. The van der Waals surface area contributed by atoms with Crippen molar-refractivity contribution in [1.29, 1.82) is 0 Å². The lowest BCUT2D eigenvalue weighted by Crippen LogP contribution is -2.19. The Labute approximate surface area is 160 Å². The molecule has 0 aromatic carbocycles. The van der Waals surface area contributed by atoms with Crippen molar-refractivity contribution < 1.29 is 36.6 Å². The molecule has 0 heterocycles. The summed E-state index contributed by atoms with van der Waals surface area (Å²) in [6.07, 6.45) is 0. The molecule has 0 aromatic rings. The minimum absolute atomic E-state index is 0.0649. The van der Waals surface area contributed by atoms with Crippen molar-refractivity contribution in [3.05, 3.63) is 0 Å². The van der Waals surface area contributed by atoms with Crippen LogP contribution < -0.4 is 5.32 Å². The molecule has 0 aliphatic heterocycles. The topological polar surface area (TPSA) is 123 Å². The Bertz CT molecular complexity index is 441. The van der Waals surface area contributed by atoms with Crippen molar-refractivity contribution in [2.24, 2.45) is 0 Å². The normalized spacial score (nSPS) is 12.9. The van der Waals surface area contributed by atoms with Crippen LogP contribution in [-0.4, -0.2) is 69.0 Å². The molecule has 0 fully saturated rings. The van der Waals surface area contributed by atoms with Crippen LogP contribution in [0.1, 0.15) is 6.92 Å². The van der Waals surface area contributed by atoms with E-state index in [1.54, 1.807) is 0 Å². The van der Waals surface area contributed by atoms with E-state index < -0.39 is 24.8 Å². The van der Waals surface area contributed by atoms with Crippen molar-refractivity contribution in [1.82, 2.24) is 5.32 Å². The largest absolute Gasteiger partial charge is 0.616 e. The highest BCUT2D eigenvalue weighted by Crippen LogP contribution is 2.59. The molecule has 1 N–H and O–H groups in total. The molecule has 9 nitrogen and oxygen atoms in total. The van der Waals surface area contributed by atoms with E-state index in [4.69, 9.17) is 9.05 Å². The molecule has 0 spiro atoms. The van der Waals surface area contributed by atoms with Gasteiger partial charge in [0.15, 0.2) is 0 Å². The lowest BCUT2D eigenvalue weighted by molar-refractivity contribution is -0.118. The van der Waals surface area contributed by atoms with Gasteiger partial charge in [0.1, 0.15) is 11.5 Å². The van der Waals surface area contributed by atoms with E-state index >= 15 is 0 Å². The Morgan fingerprint density at radius 2 is 1.48 bits per heavy atom. The fourth-order valence-electron chi connectivity index (χ4n) is 0.956. The SMILES string of the molecule is CC[S+]([O-])CCSP(=O)(OC)OC.CNC(=O)CSP(=O)(OC)OC. The van der Waals surface area contributed by atoms with Crippen LogP contribution in [0.2, 0.25) is 0 Å². The van der Waals surface area contributed by atoms with Gasteiger partial charge in [-0.15, -0.1) is 0 Å². The molecular formula is C11H27NO8P2S3. The van der Waals surface area contributed by atoms with Gasteiger partial charge in [-0.1, -0.05) is 11.2 Å². The summed E-state index contributed by atoms with van der Waals surface area (Å²) in [5, 5.41) is 2.39. The van der Waals surface area contributed by atoms with Crippen LogP contribution in [-0.2, 0) is 43.2 Å². The molecule has 25 heavy (non-hydrogen) atoms. The van der Waals surface area contributed by atoms with Gasteiger partial charge in [-0.25, -0.2) is 9.13 Å². The highest BCUT2D eigenvalue weighted by atomic mass is 32.7. The number of rotatable bonds is 12. The van der Waals surface area contributed by atoms with Crippen LogP contribution >= 0.6 is 36.4 Å². The van der Waals surface area contributed by atoms with Gasteiger partial charge in [-0.2, -0.15) is 0 Å². The summed E-state index contributed by atoms with van der Waals surface area (Å²) in [5.74, 6) is 1.53. The monoisotopic (exact) mass is 459 g/mol. The zero-order valence-electron chi connectivity index (χ0n) is 15.2. The molecule has 0 saturated heterocycles. The van der Waals surface area contributed by atoms with E-state index in [-0.39, 0.29) is 11.7 Å². The van der Waals surface area contributed by atoms with E-state index in [2.05, 4.69) is 14.4 Å². The Morgan fingerprint density at radius 1 is 1.04 bits per heavy atom. The van der Waals surface area contributed by atoms with Gasteiger partial charge in [0, 0.05) is 41.2 Å². The van der Waals surface area contributed by atoms with Gasteiger partial charge in [0.05, 0.1) is 5.75 Å². The van der Waals surface area contributed by atoms with Crippen molar-refractivity contribution in [3.8, 4) is 0 Å². The Morgan fingerprint density at radius 3 is 1.84 bits per heavy atom. The molecule has 0 aromatic heterocycles. The first-order valence-electron chi connectivity index (χ1n) is 6.93. The van der Waals surface area contributed by atoms with E-state index in [9.17, 15) is 18.5 Å². The maximum atomic E-state index is 11.4. The molecule has 14 heteroatoms. The molecule has 0 aliphatic rings. The molecule has 0 bridgehead atoms. The third-order valence-electron chi connectivity index (χ3n) is 2.41. The van der Waals surface area contributed by atoms with Gasteiger partial charge in [-0.05, 0) is 29.7 Å². The number of hydrogen-bond donors (Lipinski definition) is 1. The first kappa shape index (κ1) is 28.0. The summed E-state index contributed by atoms with van der Waals surface area (Å²) in [6.45, 7) is -4.20. The highest BCUT2D eigenvalue weighted by Gasteiger charge is 2.23. The number of hydrogen-bond acceptors (Lipinski definition) is 10. The third-order valence-corrected chi connectivity index (χ3v) is 11.8. The summed E-state index contributed by atoms with van der Waals surface area (Å²) in [4.78, 5) is 10.7. The van der Waals surface area contributed by atoms with Gasteiger partial charge < -0.3 is 28.0 Å². The van der Waals surface area contributed by atoms with Crippen molar-refractivity contribution in [2.75, 3.05) is 58.5 Å². The standard InChI is InChI=1S/C6H15O4PS2.C5H12NO4PS/c1-4-13(8)6-5-12-11(7,9-2)10-3;1-6-5(7)4-12-11(8,9-2)10-3/h4-6H2,1-3H3;4H2,1-3H3,(H,6,7). The van der Waals surface area contributed by atoms with Crippen LogP contribution in [0.4, 0.5) is 0 Å². The van der Waals surface area contributed by atoms with Crippen LogP contribution in [0, 0.1) is 0 Å². The molecule has 1 unspecified atom stereocenters. The molecular weight excluding hydrogens is 432 g/mol. The van der Waals surface area contributed by atoms with Gasteiger partial charge >= 0.3 is 13.6 Å². The Balaban J connectivity index is 0. The van der Waals surface area contributed by atoms with Gasteiger partial charge in [0.25, 0.3) is 0 Å². The summed E-state index contributed by atoms with van der Waals surface area (Å²) in [6, 6.07) is 0. The van der Waals surface area contributed by atoms with Gasteiger partial charge in [0.2, 0.25) is 5.91 Å². The van der Waals surface area contributed by atoms with Crippen LogP contribution in [0.5, 0.6) is 0 Å². The average molecular weight is 459 g/mol. The zero-order valence-corrected chi connectivity index (χ0v) is 19.5. The summed E-state index contributed by atoms with van der Waals surface area (Å²) < 4.78 is 52.3. The molecule has 0 rings (SSSR count). The fourth-order valence-corrected chi connectivity index (χ4v) is 7.08. The lowest BCUT2D eigenvalue weighted by Gasteiger charge is -2.13. The number of carbonyl (C=O) groups excluding carboxylic acids is 1. The number of amides is 1. The van der Waals surface area contributed by atoms with Gasteiger partial charge in [-0.3, -0.25) is 4.79 Å². The maximum absolute atomic E-state index is 11.4. The molecule has 152 valence electrons.